The third-order valence-corrected chi connectivity index (χ3v) is 5.11. The lowest BCUT2D eigenvalue weighted by molar-refractivity contribution is -0.136. The van der Waals surface area contributed by atoms with Gasteiger partial charge in [0, 0.05) is 13.1 Å². The fourth-order valence-corrected chi connectivity index (χ4v) is 3.77. The largest absolute Gasteiger partial charge is 0.486 e. The summed E-state index contributed by atoms with van der Waals surface area (Å²) in [5, 5.41) is 0. The van der Waals surface area contributed by atoms with E-state index in [1.807, 2.05) is 13.8 Å². The van der Waals surface area contributed by atoms with Crippen molar-refractivity contribution in [1.82, 2.24) is 4.90 Å². The molecule has 0 aromatic heterocycles. The first kappa shape index (κ1) is 19.5. The van der Waals surface area contributed by atoms with Gasteiger partial charge in [0.1, 0.15) is 11.9 Å². The van der Waals surface area contributed by atoms with Gasteiger partial charge in [0.05, 0.1) is 38.1 Å². The molecule has 8 heteroatoms. The molecule has 3 rings (SSSR count). The quantitative estimate of drug-likeness (QED) is 0.806. The molecule has 1 aromatic rings. The average Bonchev–Trinajstić information content (AvgIpc) is 2.62. The van der Waals surface area contributed by atoms with Crippen LogP contribution in [-0.4, -0.2) is 64.4 Å². The molecule has 1 atom stereocenters. The molecule has 0 bridgehead atoms. The van der Waals surface area contributed by atoms with Crippen molar-refractivity contribution < 1.29 is 22.7 Å². The van der Waals surface area contributed by atoms with E-state index in [2.05, 4.69) is 0 Å². The Balaban J connectivity index is 0.00000109. The number of hydrogen-bond acceptors (Lipinski definition) is 5. The van der Waals surface area contributed by atoms with Crippen molar-refractivity contribution in [1.29, 1.82) is 0 Å². The number of ether oxygens (including phenoxy) is 2. The maximum atomic E-state index is 12.4. The standard InChI is InChI=1S/C15H20N2O5S.C2H6/c1-23(19,20)17-11-12(22-14-5-3-2-4-13(14)17)10-15(18)16-6-8-21-9-7-16;1-2/h2-5,12H,6-11H2,1H3;1-2H3. The Morgan fingerprint density at radius 1 is 1.20 bits per heavy atom. The summed E-state index contributed by atoms with van der Waals surface area (Å²) in [6.07, 6.45) is 0.825. The number of anilines is 1. The summed E-state index contributed by atoms with van der Waals surface area (Å²) in [4.78, 5) is 14.1. The number of benzene rings is 1. The van der Waals surface area contributed by atoms with Crippen molar-refractivity contribution >= 4 is 21.6 Å². The topological polar surface area (TPSA) is 76.2 Å². The number of carbonyl (C=O) groups excluding carboxylic acids is 1. The number of hydrogen-bond donors (Lipinski definition) is 0. The van der Waals surface area contributed by atoms with E-state index in [1.54, 1.807) is 29.2 Å². The van der Waals surface area contributed by atoms with Crippen molar-refractivity contribution in [3.63, 3.8) is 0 Å². The Morgan fingerprint density at radius 3 is 2.48 bits per heavy atom. The van der Waals surface area contributed by atoms with Crippen LogP contribution >= 0.6 is 0 Å². The number of sulfonamides is 1. The van der Waals surface area contributed by atoms with E-state index in [1.165, 1.54) is 4.31 Å². The van der Waals surface area contributed by atoms with Crippen molar-refractivity contribution in [3.05, 3.63) is 24.3 Å². The van der Waals surface area contributed by atoms with Crippen LogP contribution in [0, 0.1) is 0 Å². The third kappa shape index (κ3) is 4.85. The number of morpholine rings is 1. The molecule has 0 aliphatic carbocycles. The van der Waals surface area contributed by atoms with Crippen LogP contribution in [0.5, 0.6) is 5.75 Å². The lowest BCUT2D eigenvalue weighted by atomic mass is 10.1. The van der Waals surface area contributed by atoms with Gasteiger partial charge >= 0.3 is 0 Å². The number of rotatable bonds is 3. The number of amides is 1. The Kier molecular flexibility index (Phi) is 6.66. The van der Waals surface area contributed by atoms with Crippen LogP contribution in [0.3, 0.4) is 0 Å². The van der Waals surface area contributed by atoms with E-state index >= 15 is 0 Å². The number of carbonyl (C=O) groups is 1. The Bertz CT molecular complexity index is 686. The highest BCUT2D eigenvalue weighted by atomic mass is 32.2. The van der Waals surface area contributed by atoms with E-state index in [9.17, 15) is 13.2 Å². The van der Waals surface area contributed by atoms with Crippen LogP contribution < -0.4 is 9.04 Å². The maximum absolute atomic E-state index is 12.4. The first-order chi connectivity index (χ1) is 11.9. The molecule has 1 aromatic carbocycles. The highest BCUT2D eigenvalue weighted by Crippen LogP contribution is 2.35. The van der Waals surface area contributed by atoms with Crippen molar-refractivity contribution in [3.8, 4) is 5.75 Å². The third-order valence-electron chi connectivity index (χ3n) is 3.96. The van der Waals surface area contributed by atoms with E-state index in [0.29, 0.717) is 37.7 Å². The van der Waals surface area contributed by atoms with Crippen LogP contribution in [0.2, 0.25) is 0 Å². The molecule has 0 saturated carbocycles. The Labute approximate surface area is 149 Å². The summed E-state index contributed by atoms with van der Waals surface area (Å²) in [7, 11) is -3.42. The molecule has 1 fully saturated rings. The summed E-state index contributed by atoms with van der Waals surface area (Å²) in [5.74, 6) is 0.454. The zero-order valence-corrected chi connectivity index (χ0v) is 15.8. The molecule has 25 heavy (non-hydrogen) atoms. The highest BCUT2D eigenvalue weighted by molar-refractivity contribution is 7.92. The molecule has 7 nitrogen and oxygen atoms in total. The summed E-state index contributed by atoms with van der Waals surface area (Å²) in [6, 6.07) is 6.97. The number of para-hydroxylation sites is 2. The molecule has 2 aliphatic heterocycles. The van der Waals surface area contributed by atoms with Gasteiger partial charge in [-0.3, -0.25) is 9.10 Å². The summed E-state index contributed by atoms with van der Waals surface area (Å²) >= 11 is 0. The second-order valence-corrected chi connectivity index (χ2v) is 7.61. The SMILES string of the molecule is CC.CS(=O)(=O)N1CC(CC(=O)N2CCOCC2)Oc2ccccc21. The normalized spacial score (nSPS) is 20.0. The van der Waals surface area contributed by atoms with Crippen LogP contribution in [0.15, 0.2) is 24.3 Å². The average molecular weight is 370 g/mol. The van der Waals surface area contributed by atoms with Crippen LogP contribution in [0.1, 0.15) is 20.3 Å². The van der Waals surface area contributed by atoms with E-state index in [0.717, 1.165) is 6.26 Å². The van der Waals surface area contributed by atoms with Crippen molar-refractivity contribution in [2.75, 3.05) is 43.4 Å². The summed E-state index contributed by atoms with van der Waals surface area (Å²) < 4.78 is 36.5. The molecular formula is C17H26N2O5S. The molecular weight excluding hydrogens is 344 g/mol. The van der Waals surface area contributed by atoms with Gasteiger partial charge < -0.3 is 14.4 Å². The molecule has 2 aliphatic rings. The summed E-state index contributed by atoms with van der Waals surface area (Å²) in [5.41, 5.74) is 0.519. The minimum absolute atomic E-state index is 0.0360. The van der Waals surface area contributed by atoms with Gasteiger partial charge in [-0.25, -0.2) is 8.42 Å². The van der Waals surface area contributed by atoms with E-state index in [4.69, 9.17) is 9.47 Å². The number of fused-ring (bicyclic) bond motifs is 1. The van der Waals surface area contributed by atoms with Crippen LogP contribution in [0.25, 0.3) is 0 Å². The maximum Gasteiger partial charge on any atom is 0.232 e. The number of nitrogens with zero attached hydrogens (tertiary/aromatic N) is 2. The van der Waals surface area contributed by atoms with E-state index in [-0.39, 0.29) is 18.9 Å². The molecule has 2 heterocycles. The Morgan fingerprint density at radius 2 is 1.84 bits per heavy atom. The lowest BCUT2D eigenvalue weighted by Gasteiger charge is -2.35. The molecule has 1 unspecified atom stereocenters. The first-order valence-corrected chi connectivity index (χ1v) is 10.4. The second kappa shape index (κ2) is 8.53. The fourth-order valence-electron chi connectivity index (χ4n) is 2.82. The predicted octanol–water partition coefficient (Wildman–Crippen LogP) is 1.49. The van der Waals surface area contributed by atoms with Gasteiger partial charge in [-0.2, -0.15) is 0 Å². The molecule has 0 radical (unpaired) electrons. The minimum atomic E-state index is -3.42. The van der Waals surface area contributed by atoms with Gasteiger partial charge in [0.25, 0.3) is 0 Å². The Hall–Kier alpha value is -1.80. The molecule has 1 amide bonds. The first-order valence-electron chi connectivity index (χ1n) is 8.54. The van der Waals surface area contributed by atoms with Crippen molar-refractivity contribution in [2.45, 2.75) is 26.4 Å². The zero-order chi connectivity index (χ0) is 18.4. The minimum Gasteiger partial charge on any atom is -0.486 e. The van der Waals surface area contributed by atoms with Gasteiger partial charge in [0.15, 0.2) is 0 Å². The van der Waals surface area contributed by atoms with Gasteiger partial charge in [0.2, 0.25) is 15.9 Å². The van der Waals surface area contributed by atoms with Gasteiger partial charge in [-0.05, 0) is 12.1 Å². The van der Waals surface area contributed by atoms with E-state index < -0.39 is 16.1 Å². The highest BCUT2D eigenvalue weighted by Gasteiger charge is 2.33. The lowest BCUT2D eigenvalue weighted by Crippen LogP contribution is -2.47. The molecule has 0 spiro atoms. The van der Waals surface area contributed by atoms with Gasteiger partial charge in [-0.1, -0.05) is 26.0 Å². The van der Waals surface area contributed by atoms with Crippen LogP contribution in [-0.2, 0) is 19.6 Å². The monoisotopic (exact) mass is 370 g/mol. The van der Waals surface area contributed by atoms with Crippen molar-refractivity contribution in [2.24, 2.45) is 0 Å². The molecule has 140 valence electrons. The van der Waals surface area contributed by atoms with Crippen LogP contribution in [0.4, 0.5) is 5.69 Å². The smallest absolute Gasteiger partial charge is 0.232 e. The van der Waals surface area contributed by atoms with Gasteiger partial charge in [-0.15, -0.1) is 0 Å². The zero-order valence-electron chi connectivity index (χ0n) is 15.0. The molecule has 1 saturated heterocycles. The predicted molar refractivity (Wildman–Crippen MR) is 96.4 cm³/mol. The second-order valence-electron chi connectivity index (χ2n) is 5.70. The summed E-state index contributed by atoms with van der Waals surface area (Å²) in [6.45, 7) is 6.35. The fraction of sp³-hybridized carbons (Fsp3) is 0.588. The molecule has 0 N–H and O–H groups in total.